The minimum absolute atomic E-state index is 0.0484. The third-order valence-electron chi connectivity index (χ3n) is 5.62. The first-order chi connectivity index (χ1) is 15.5. The molecule has 2 aromatic carbocycles. The first-order valence-corrected chi connectivity index (χ1v) is 11.1. The van der Waals surface area contributed by atoms with Gasteiger partial charge < -0.3 is 9.30 Å². The number of hydrogen-bond donors (Lipinski definition) is 0. The van der Waals surface area contributed by atoms with Gasteiger partial charge in [0.05, 0.1) is 29.9 Å². The van der Waals surface area contributed by atoms with Crippen molar-refractivity contribution in [2.75, 3.05) is 7.11 Å². The molecule has 7 nitrogen and oxygen atoms in total. The summed E-state index contributed by atoms with van der Waals surface area (Å²) in [6.45, 7) is 5.20. The third-order valence-corrected chi connectivity index (χ3v) is 6.56. The van der Waals surface area contributed by atoms with Crippen molar-refractivity contribution in [2.24, 2.45) is 0 Å². The highest BCUT2D eigenvalue weighted by atomic mass is 32.1. The second kappa shape index (κ2) is 7.83. The molecule has 0 aliphatic heterocycles. The maximum absolute atomic E-state index is 15.0. The molecule has 0 unspecified atom stereocenters. The second-order valence-corrected chi connectivity index (χ2v) is 8.28. The minimum Gasteiger partial charge on any atom is -0.496 e. The molecule has 0 saturated carbocycles. The summed E-state index contributed by atoms with van der Waals surface area (Å²) in [5, 5.41) is 8.33. The number of aromatic nitrogens is 5. The Hall–Kier alpha value is -3.59. The van der Waals surface area contributed by atoms with E-state index < -0.39 is 0 Å². The van der Waals surface area contributed by atoms with E-state index in [1.54, 1.807) is 42.4 Å². The molecule has 9 heteroatoms. The van der Waals surface area contributed by atoms with Crippen molar-refractivity contribution in [1.82, 2.24) is 24.3 Å². The summed E-state index contributed by atoms with van der Waals surface area (Å²) in [4.78, 5) is 16.8. The lowest BCUT2D eigenvalue weighted by Crippen LogP contribution is -2.10. The molecule has 0 amide bonds. The van der Waals surface area contributed by atoms with E-state index in [2.05, 4.69) is 15.2 Å². The molecule has 32 heavy (non-hydrogen) atoms. The highest BCUT2D eigenvalue weighted by molar-refractivity contribution is 7.16. The van der Waals surface area contributed by atoms with Crippen molar-refractivity contribution in [3.8, 4) is 28.0 Å². The Morgan fingerprint density at radius 1 is 1.09 bits per heavy atom. The lowest BCUT2D eigenvalue weighted by Gasteiger charge is -2.12. The Kier molecular flexibility index (Phi) is 4.97. The van der Waals surface area contributed by atoms with Crippen molar-refractivity contribution in [2.45, 2.75) is 26.9 Å². The van der Waals surface area contributed by atoms with Crippen LogP contribution in [0.4, 0.5) is 4.39 Å². The van der Waals surface area contributed by atoms with Crippen molar-refractivity contribution in [1.29, 1.82) is 0 Å². The Labute approximate surface area is 186 Å². The number of methoxy groups -OCH3 is 1. The van der Waals surface area contributed by atoms with Gasteiger partial charge in [-0.3, -0.25) is 9.36 Å². The number of benzene rings is 2. The summed E-state index contributed by atoms with van der Waals surface area (Å²) < 4.78 is 25.0. The van der Waals surface area contributed by atoms with Gasteiger partial charge in [0.25, 0.3) is 0 Å². The first-order valence-electron chi connectivity index (χ1n) is 10.2. The molecule has 0 radical (unpaired) electrons. The molecule has 0 bridgehead atoms. The lowest BCUT2D eigenvalue weighted by molar-refractivity contribution is 0.416. The van der Waals surface area contributed by atoms with Gasteiger partial charge in [0, 0.05) is 35.8 Å². The Morgan fingerprint density at radius 3 is 2.69 bits per heavy atom. The number of halogens is 1. The van der Waals surface area contributed by atoms with Gasteiger partial charge in [-0.2, -0.15) is 5.10 Å². The van der Waals surface area contributed by atoms with Crippen molar-refractivity contribution in [3.63, 3.8) is 0 Å². The van der Waals surface area contributed by atoms with E-state index in [0.717, 1.165) is 39.2 Å². The normalized spacial score (nSPS) is 11.5. The van der Waals surface area contributed by atoms with E-state index in [1.807, 2.05) is 24.5 Å². The van der Waals surface area contributed by atoms with Gasteiger partial charge in [-0.1, -0.05) is 17.4 Å². The highest BCUT2D eigenvalue weighted by Gasteiger charge is 2.18. The average Bonchev–Trinajstić information content (AvgIpc) is 3.37. The van der Waals surface area contributed by atoms with Crippen LogP contribution in [-0.4, -0.2) is 31.4 Å². The van der Waals surface area contributed by atoms with Gasteiger partial charge in [0.2, 0.25) is 0 Å². The predicted octanol–water partition coefficient (Wildman–Crippen LogP) is 4.72. The fourth-order valence-electron chi connectivity index (χ4n) is 3.98. The van der Waals surface area contributed by atoms with E-state index in [0.29, 0.717) is 34.6 Å². The zero-order valence-electron chi connectivity index (χ0n) is 17.8. The maximum atomic E-state index is 15.0. The maximum Gasteiger partial charge on any atom is 0.308 e. The van der Waals surface area contributed by atoms with Crippen LogP contribution in [0.3, 0.4) is 0 Å². The molecular formula is C23H20FN5O2S. The highest BCUT2D eigenvalue weighted by Crippen LogP contribution is 2.38. The monoisotopic (exact) mass is 449 g/mol. The minimum atomic E-state index is -0.383. The number of imidazole rings is 1. The smallest absolute Gasteiger partial charge is 0.308 e. The fourth-order valence-corrected chi connectivity index (χ4v) is 4.96. The quantitative estimate of drug-likeness (QED) is 0.388. The summed E-state index contributed by atoms with van der Waals surface area (Å²) in [6.07, 6.45) is 3.37. The van der Waals surface area contributed by atoms with Crippen LogP contribution in [0.25, 0.3) is 43.6 Å². The van der Waals surface area contributed by atoms with Crippen LogP contribution in [0.2, 0.25) is 0 Å². The summed E-state index contributed by atoms with van der Waals surface area (Å²) in [6, 6.07) is 8.52. The van der Waals surface area contributed by atoms with Crippen LogP contribution in [0.1, 0.15) is 13.8 Å². The molecular weight excluding hydrogens is 429 g/mol. The molecule has 0 saturated heterocycles. The van der Waals surface area contributed by atoms with Crippen LogP contribution >= 0.6 is 11.3 Å². The Balaban J connectivity index is 1.73. The number of rotatable bonds is 5. The lowest BCUT2D eigenvalue weighted by atomic mass is 9.98. The standard InChI is InChI=1S/C23H20FN5O2S/c1-4-28-12-25-21-16(11-26-27-22(21)28)13-6-7-17(24)14(8-13)15-9-20-18(10-19(15)31-3)29(5-2)23(30)32-20/h6-12H,4-5H2,1-3H3. The van der Waals surface area contributed by atoms with E-state index >= 15 is 4.39 Å². The Morgan fingerprint density at radius 2 is 1.94 bits per heavy atom. The zero-order chi connectivity index (χ0) is 22.4. The van der Waals surface area contributed by atoms with Crippen molar-refractivity contribution >= 4 is 32.7 Å². The molecule has 0 atom stereocenters. The zero-order valence-corrected chi connectivity index (χ0v) is 18.6. The molecule has 0 aliphatic rings. The molecule has 162 valence electrons. The molecule has 0 aliphatic carbocycles. The van der Waals surface area contributed by atoms with Crippen LogP contribution in [-0.2, 0) is 13.1 Å². The number of ether oxygens (including phenoxy) is 1. The number of fused-ring (bicyclic) bond motifs is 2. The largest absolute Gasteiger partial charge is 0.496 e. The molecule has 3 aromatic heterocycles. The topological polar surface area (TPSA) is 74.8 Å². The number of thiazole rings is 1. The number of nitrogens with zero attached hydrogens (tertiary/aromatic N) is 5. The first kappa shape index (κ1) is 20.3. The molecule has 3 heterocycles. The van der Waals surface area contributed by atoms with E-state index in [9.17, 15) is 4.79 Å². The summed E-state index contributed by atoms with van der Waals surface area (Å²) >= 11 is 1.14. The van der Waals surface area contributed by atoms with E-state index in [1.165, 1.54) is 6.07 Å². The average molecular weight is 450 g/mol. The van der Waals surface area contributed by atoms with Gasteiger partial charge >= 0.3 is 4.87 Å². The summed E-state index contributed by atoms with van der Waals surface area (Å²) in [5.41, 5.74) is 4.67. The van der Waals surface area contributed by atoms with E-state index in [-0.39, 0.29) is 10.7 Å². The van der Waals surface area contributed by atoms with Gasteiger partial charge in [0.1, 0.15) is 17.1 Å². The van der Waals surface area contributed by atoms with Crippen LogP contribution in [0.5, 0.6) is 5.75 Å². The molecule has 0 fully saturated rings. The summed E-state index contributed by atoms with van der Waals surface area (Å²) in [5.74, 6) is 0.118. The third kappa shape index (κ3) is 3.08. The summed E-state index contributed by atoms with van der Waals surface area (Å²) in [7, 11) is 1.54. The van der Waals surface area contributed by atoms with Gasteiger partial charge in [-0.15, -0.1) is 5.10 Å². The molecule has 0 N–H and O–H groups in total. The van der Waals surface area contributed by atoms with Gasteiger partial charge in [0.15, 0.2) is 5.65 Å². The Bertz CT molecular complexity index is 1540. The number of aryl methyl sites for hydroxylation is 2. The van der Waals surface area contributed by atoms with Crippen LogP contribution < -0.4 is 9.61 Å². The predicted molar refractivity (Wildman–Crippen MR) is 124 cm³/mol. The number of hydrogen-bond acceptors (Lipinski definition) is 6. The molecule has 5 rings (SSSR count). The van der Waals surface area contributed by atoms with Gasteiger partial charge in [-0.05, 0) is 37.6 Å². The van der Waals surface area contributed by atoms with E-state index in [4.69, 9.17) is 4.74 Å². The van der Waals surface area contributed by atoms with Crippen molar-refractivity contribution in [3.05, 3.63) is 58.3 Å². The fraction of sp³-hybridized carbons (Fsp3) is 0.217. The van der Waals surface area contributed by atoms with Crippen LogP contribution in [0, 0.1) is 5.82 Å². The van der Waals surface area contributed by atoms with Gasteiger partial charge in [-0.25, -0.2) is 9.37 Å². The SMILES string of the molecule is CCn1cnc2c(-c3ccc(F)c(-c4cc5sc(=O)n(CC)c5cc4OC)c3)cnnc21. The molecule has 0 spiro atoms. The second-order valence-electron chi connectivity index (χ2n) is 7.29. The van der Waals surface area contributed by atoms with Crippen molar-refractivity contribution < 1.29 is 9.13 Å². The van der Waals surface area contributed by atoms with Crippen LogP contribution in [0.15, 0.2) is 47.7 Å². The molecule has 5 aromatic rings.